The summed E-state index contributed by atoms with van der Waals surface area (Å²) in [7, 11) is 1.65. The fourth-order valence-corrected chi connectivity index (χ4v) is 3.18. The van der Waals surface area contributed by atoms with E-state index >= 15 is 0 Å². The second-order valence-electron chi connectivity index (χ2n) is 6.92. The van der Waals surface area contributed by atoms with Crippen molar-refractivity contribution in [2.75, 3.05) is 18.9 Å². The van der Waals surface area contributed by atoms with Gasteiger partial charge in [0.25, 0.3) is 0 Å². The van der Waals surface area contributed by atoms with Crippen molar-refractivity contribution in [1.82, 2.24) is 15.5 Å². The van der Waals surface area contributed by atoms with E-state index in [-0.39, 0.29) is 18.5 Å². The average molecular weight is 395 g/mol. The molecule has 2 rings (SSSR count). The van der Waals surface area contributed by atoms with E-state index in [4.69, 9.17) is 11.6 Å². The Hall–Kier alpha value is -2.12. The van der Waals surface area contributed by atoms with Crippen LogP contribution in [0.5, 0.6) is 0 Å². The molecule has 0 aliphatic heterocycles. The first kappa shape index (κ1) is 21.2. The minimum atomic E-state index is -0.640. The van der Waals surface area contributed by atoms with Crippen LogP contribution in [0.15, 0.2) is 24.3 Å². The first-order valence-electron chi connectivity index (χ1n) is 9.23. The zero-order valence-corrected chi connectivity index (χ0v) is 16.5. The van der Waals surface area contributed by atoms with Crippen molar-refractivity contribution in [1.29, 1.82) is 0 Å². The first-order valence-corrected chi connectivity index (χ1v) is 9.60. The Morgan fingerprint density at radius 3 is 2.52 bits per heavy atom. The number of likely N-dealkylation sites (N-methyl/N-ethyl adjacent to an activating group) is 1. The van der Waals surface area contributed by atoms with Crippen molar-refractivity contribution in [2.45, 2.75) is 51.1 Å². The number of nitrogens with one attached hydrogen (secondary N) is 3. The molecular weight excluding hydrogens is 368 g/mol. The zero-order valence-electron chi connectivity index (χ0n) is 15.8. The molecule has 3 N–H and O–H groups in total. The summed E-state index contributed by atoms with van der Waals surface area (Å²) in [4.78, 5) is 38.0. The Morgan fingerprint density at radius 1 is 1.19 bits per heavy atom. The molecule has 0 heterocycles. The Morgan fingerprint density at radius 2 is 1.85 bits per heavy atom. The number of hydrogen-bond donors (Lipinski definition) is 3. The fourth-order valence-electron chi connectivity index (χ4n) is 3.00. The molecule has 0 aromatic heterocycles. The highest BCUT2D eigenvalue weighted by Crippen LogP contribution is 2.20. The second kappa shape index (κ2) is 10.3. The number of halogens is 1. The number of nitrogens with zero attached hydrogens (tertiary/aromatic N) is 1. The highest BCUT2D eigenvalue weighted by atomic mass is 35.5. The van der Waals surface area contributed by atoms with Crippen molar-refractivity contribution in [3.63, 3.8) is 0 Å². The number of carbonyl (C=O) groups is 3. The lowest BCUT2D eigenvalue weighted by Crippen LogP contribution is -2.51. The molecule has 1 aliphatic carbocycles. The summed E-state index contributed by atoms with van der Waals surface area (Å²) in [6, 6.07) is 5.93. The van der Waals surface area contributed by atoms with Crippen LogP contribution in [0.4, 0.5) is 10.5 Å². The molecule has 0 saturated heterocycles. The van der Waals surface area contributed by atoms with Gasteiger partial charge in [-0.3, -0.25) is 19.8 Å². The van der Waals surface area contributed by atoms with Crippen molar-refractivity contribution in [3.05, 3.63) is 29.3 Å². The third-order valence-electron chi connectivity index (χ3n) is 4.76. The molecule has 0 radical (unpaired) electrons. The second-order valence-corrected chi connectivity index (χ2v) is 7.32. The molecule has 1 fully saturated rings. The molecule has 8 heteroatoms. The van der Waals surface area contributed by atoms with Gasteiger partial charge in [0.05, 0.1) is 23.3 Å². The van der Waals surface area contributed by atoms with E-state index in [1.54, 1.807) is 43.1 Å². The molecule has 1 saturated carbocycles. The highest BCUT2D eigenvalue weighted by molar-refractivity contribution is 6.33. The van der Waals surface area contributed by atoms with E-state index in [2.05, 4.69) is 16.0 Å². The largest absolute Gasteiger partial charge is 0.335 e. The summed E-state index contributed by atoms with van der Waals surface area (Å²) >= 11 is 6.02. The van der Waals surface area contributed by atoms with E-state index in [1.165, 1.54) is 6.42 Å². The molecule has 1 aromatic rings. The van der Waals surface area contributed by atoms with E-state index in [9.17, 15) is 14.4 Å². The van der Waals surface area contributed by atoms with Gasteiger partial charge in [-0.2, -0.15) is 0 Å². The summed E-state index contributed by atoms with van der Waals surface area (Å²) in [6.45, 7) is 1.63. The quantitative estimate of drug-likeness (QED) is 0.692. The third kappa shape index (κ3) is 6.84. The van der Waals surface area contributed by atoms with Gasteiger partial charge < -0.3 is 10.6 Å². The van der Waals surface area contributed by atoms with Crippen molar-refractivity contribution >= 4 is 35.1 Å². The molecule has 4 amide bonds. The highest BCUT2D eigenvalue weighted by Gasteiger charge is 2.23. The molecular formula is C19H27ClN4O3. The zero-order chi connectivity index (χ0) is 19.8. The summed E-state index contributed by atoms with van der Waals surface area (Å²) in [5, 5.41) is 8.35. The third-order valence-corrected chi connectivity index (χ3v) is 5.09. The van der Waals surface area contributed by atoms with Gasteiger partial charge in [0, 0.05) is 6.04 Å². The van der Waals surface area contributed by atoms with E-state index < -0.39 is 18.0 Å². The number of urea groups is 1. The lowest BCUT2D eigenvalue weighted by molar-refractivity contribution is -0.125. The van der Waals surface area contributed by atoms with Gasteiger partial charge >= 0.3 is 6.03 Å². The summed E-state index contributed by atoms with van der Waals surface area (Å²) < 4.78 is 0. The SMILES string of the molecule is C[C@H](C(=O)NC(=O)NC1CCCCC1)N(C)CC(=O)Nc1ccccc1Cl. The van der Waals surface area contributed by atoms with Gasteiger partial charge in [0.1, 0.15) is 0 Å². The average Bonchev–Trinajstić information content (AvgIpc) is 2.63. The minimum Gasteiger partial charge on any atom is -0.335 e. The summed E-state index contributed by atoms with van der Waals surface area (Å²) in [5.41, 5.74) is 0.515. The van der Waals surface area contributed by atoms with Gasteiger partial charge in [0.2, 0.25) is 11.8 Å². The molecule has 1 aliphatic rings. The molecule has 0 bridgehead atoms. The maximum Gasteiger partial charge on any atom is 0.321 e. The topological polar surface area (TPSA) is 90.5 Å². The molecule has 1 aromatic carbocycles. The lowest BCUT2D eigenvalue weighted by Gasteiger charge is -2.25. The van der Waals surface area contributed by atoms with Gasteiger partial charge in [-0.05, 0) is 38.9 Å². The van der Waals surface area contributed by atoms with E-state index in [1.807, 2.05) is 0 Å². The van der Waals surface area contributed by atoms with Crippen LogP contribution in [-0.4, -0.2) is 48.4 Å². The number of carbonyl (C=O) groups excluding carboxylic acids is 3. The van der Waals surface area contributed by atoms with Crippen molar-refractivity contribution in [2.24, 2.45) is 0 Å². The van der Waals surface area contributed by atoms with Crippen LogP contribution in [0.25, 0.3) is 0 Å². The number of amides is 4. The molecule has 7 nitrogen and oxygen atoms in total. The van der Waals surface area contributed by atoms with Crippen molar-refractivity contribution in [3.8, 4) is 0 Å². The maximum atomic E-state index is 12.3. The molecule has 27 heavy (non-hydrogen) atoms. The molecule has 148 valence electrons. The standard InChI is InChI=1S/C19H27ClN4O3/c1-13(18(26)23-19(27)21-14-8-4-3-5-9-14)24(2)12-17(25)22-16-11-7-6-10-15(16)20/h6-7,10-11,13-14H,3-5,8-9,12H2,1-2H3,(H,22,25)(H2,21,23,26,27)/t13-/m1/s1. The summed E-state index contributed by atoms with van der Waals surface area (Å²) in [6.07, 6.45) is 5.27. The Balaban J connectivity index is 1.78. The van der Waals surface area contributed by atoms with Gasteiger partial charge in [-0.15, -0.1) is 0 Å². The van der Waals surface area contributed by atoms with Crippen LogP contribution in [0, 0.1) is 0 Å². The Kier molecular flexibility index (Phi) is 8.06. The summed E-state index contributed by atoms with van der Waals surface area (Å²) in [5.74, 6) is -0.742. The monoisotopic (exact) mass is 394 g/mol. The van der Waals surface area contributed by atoms with Crippen LogP contribution < -0.4 is 16.0 Å². The minimum absolute atomic E-state index is 0.00987. The van der Waals surface area contributed by atoms with Crippen LogP contribution >= 0.6 is 11.6 Å². The fraction of sp³-hybridized carbons (Fsp3) is 0.526. The normalized spacial score (nSPS) is 15.9. The molecule has 0 unspecified atom stereocenters. The molecule has 0 spiro atoms. The number of imide groups is 1. The molecule has 1 atom stereocenters. The predicted molar refractivity (Wildman–Crippen MR) is 106 cm³/mol. The van der Waals surface area contributed by atoms with Crippen LogP contribution in [0.3, 0.4) is 0 Å². The van der Waals surface area contributed by atoms with Gasteiger partial charge in [0.15, 0.2) is 0 Å². The van der Waals surface area contributed by atoms with Gasteiger partial charge in [-0.1, -0.05) is 43.0 Å². The van der Waals surface area contributed by atoms with Gasteiger partial charge in [-0.25, -0.2) is 4.79 Å². The Labute approximate surface area is 164 Å². The number of hydrogen-bond acceptors (Lipinski definition) is 4. The van der Waals surface area contributed by atoms with E-state index in [0.29, 0.717) is 10.7 Å². The van der Waals surface area contributed by atoms with Crippen LogP contribution in [-0.2, 0) is 9.59 Å². The number of anilines is 1. The van der Waals surface area contributed by atoms with Crippen LogP contribution in [0.1, 0.15) is 39.0 Å². The Bertz CT molecular complexity index is 677. The van der Waals surface area contributed by atoms with Crippen LogP contribution in [0.2, 0.25) is 5.02 Å². The predicted octanol–water partition coefficient (Wildman–Crippen LogP) is 2.76. The first-order chi connectivity index (χ1) is 12.9. The number of benzene rings is 1. The lowest BCUT2D eigenvalue weighted by atomic mass is 9.96. The maximum absolute atomic E-state index is 12.3. The smallest absolute Gasteiger partial charge is 0.321 e. The number of para-hydroxylation sites is 1. The van der Waals surface area contributed by atoms with E-state index in [0.717, 1.165) is 25.7 Å². The number of rotatable bonds is 6. The van der Waals surface area contributed by atoms with Crippen molar-refractivity contribution < 1.29 is 14.4 Å².